The Balaban J connectivity index is 1.44. The third-order valence-electron chi connectivity index (χ3n) is 5.13. The molecule has 10 nitrogen and oxygen atoms in total. The molecule has 1 amide bonds. The fraction of sp³-hybridized carbons (Fsp3) is 0.182. The van der Waals surface area contributed by atoms with Crippen molar-refractivity contribution >= 4 is 50.4 Å². The molecule has 5 rings (SSSR count). The van der Waals surface area contributed by atoms with Gasteiger partial charge >= 0.3 is 5.97 Å². The molecule has 0 bridgehead atoms. The molecule has 0 aromatic carbocycles. The van der Waals surface area contributed by atoms with Crippen LogP contribution in [0.2, 0.25) is 0 Å². The second-order valence-electron chi connectivity index (χ2n) is 7.49. The molecule has 0 saturated carbocycles. The Labute approximate surface area is 191 Å². The van der Waals surface area contributed by atoms with Gasteiger partial charge in [-0.15, -0.1) is 11.3 Å². The van der Waals surface area contributed by atoms with Gasteiger partial charge in [0, 0.05) is 23.5 Å². The summed E-state index contributed by atoms with van der Waals surface area (Å²) in [6, 6.07) is 5.73. The summed E-state index contributed by atoms with van der Waals surface area (Å²) in [4.78, 5) is 46.6. The normalized spacial score (nSPS) is 12.2. The maximum absolute atomic E-state index is 13.2. The fourth-order valence-electron chi connectivity index (χ4n) is 3.64. The number of anilines is 1. The SMILES string of the molecule is Cc1cc(C)c2c(-n3cccc3)c(C(=O)OC(C)C(=O)Nc3ncnc4nc[nH]c34)sc2n1. The molecular weight excluding hydrogens is 442 g/mol. The molecule has 166 valence electrons. The molecule has 5 aromatic heterocycles. The monoisotopic (exact) mass is 461 g/mol. The van der Waals surface area contributed by atoms with E-state index < -0.39 is 18.0 Å². The average molecular weight is 462 g/mol. The largest absolute Gasteiger partial charge is 0.448 e. The molecule has 0 aliphatic rings. The van der Waals surface area contributed by atoms with Gasteiger partial charge < -0.3 is 19.6 Å². The van der Waals surface area contributed by atoms with Gasteiger partial charge in [-0.2, -0.15) is 0 Å². The van der Waals surface area contributed by atoms with Gasteiger partial charge in [0.1, 0.15) is 21.6 Å². The highest BCUT2D eigenvalue weighted by Gasteiger charge is 2.27. The number of aromatic amines is 1. The summed E-state index contributed by atoms with van der Waals surface area (Å²) < 4.78 is 7.41. The summed E-state index contributed by atoms with van der Waals surface area (Å²) in [6.45, 7) is 5.41. The van der Waals surface area contributed by atoms with Crippen LogP contribution in [0.1, 0.15) is 27.9 Å². The number of nitrogens with one attached hydrogen (secondary N) is 2. The van der Waals surface area contributed by atoms with Crippen LogP contribution in [0.25, 0.3) is 27.1 Å². The van der Waals surface area contributed by atoms with Gasteiger partial charge in [0.2, 0.25) is 0 Å². The average Bonchev–Trinajstić information content (AvgIpc) is 3.52. The van der Waals surface area contributed by atoms with Gasteiger partial charge in [-0.1, -0.05) is 0 Å². The second kappa shape index (κ2) is 8.10. The standard InChI is InChI=1S/C22H19N7O3S/c1-11-8-12(2)27-21-14(11)16(29-6-4-5-7-29)17(33-21)22(31)32-13(3)20(30)28-19-15-18(24-9-23-15)25-10-26-19/h4-10,13H,1-3H3,(H2,23,24,25,26,28,30). The topological polar surface area (TPSA) is 128 Å². The number of fused-ring (bicyclic) bond motifs is 2. The van der Waals surface area contributed by atoms with Crippen LogP contribution in [0.4, 0.5) is 5.82 Å². The number of H-pyrrole nitrogens is 1. The third kappa shape index (κ3) is 3.72. The number of pyridine rings is 1. The van der Waals surface area contributed by atoms with Crippen molar-refractivity contribution in [3.63, 3.8) is 0 Å². The molecule has 5 heterocycles. The summed E-state index contributed by atoms with van der Waals surface area (Å²) in [5, 5.41) is 3.54. The van der Waals surface area contributed by atoms with E-state index in [1.54, 1.807) is 0 Å². The number of amides is 1. The fourth-order valence-corrected chi connectivity index (χ4v) is 4.82. The molecule has 0 radical (unpaired) electrons. The Hall–Kier alpha value is -4.12. The summed E-state index contributed by atoms with van der Waals surface area (Å²) in [5.74, 6) is -0.863. The van der Waals surface area contributed by atoms with Crippen LogP contribution in [0.3, 0.4) is 0 Å². The molecule has 5 aromatic rings. The summed E-state index contributed by atoms with van der Waals surface area (Å²) in [7, 11) is 0. The van der Waals surface area contributed by atoms with Crippen molar-refractivity contribution in [1.29, 1.82) is 0 Å². The number of carbonyl (C=O) groups is 2. The predicted molar refractivity (Wildman–Crippen MR) is 124 cm³/mol. The lowest BCUT2D eigenvalue weighted by Crippen LogP contribution is -2.30. The Morgan fingerprint density at radius 3 is 2.76 bits per heavy atom. The zero-order valence-electron chi connectivity index (χ0n) is 18.0. The van der Waals surface area contributed by atoms with Crippen molar-refractivity contribution in [1.82, 2.24) is 29.5 Å². The van der Waals surface area contributed by atoms with Crippen molar-refractivity contribution in [2.24, 2.45) is 0 Å². The van der Waals surface area contributed by atoms with Crippen LogP contribution in [-0.4, -0.2) is 47.5 Å². The van der Waals surface area contributed by atoms with Crippen LogP contribution in [0.15, 0.2) is 43.2 Å². The lowest BCUT2D eigenvalue weighted by molar-refractivity contribution is -0.123. The van der Waals surface area contributed by atoms with Crippen LogP contribution in [-0.2, 0) is 9.53 Å². The van der Waals surface area contributed by atoms with Crippen molar-refractivity contribution in [3.05, 3.63) is 59.4 Å². The maximum Gasteiger partial charge on any atom is 0.351 e. The highest BCUT2D eigenvalue weighted by molar-refractivity contribution is 7.21. The first kappa shape index (κ1) is 20.8. The molecule has 33 heavy (non-hydrogen) atoms. The van der Waals surface area contributed by atoms with E-state index in [1.807, 2.05) is 49.0 Å². The number of ether oxygens (including phenoxy) is 1. The molecule has 0 fully saturated rings. The zero-order chi connectivity index (χ0) is 23.1. The van der Waals surface area contributed by atoms with E-state index >= 15 is 0 Å². The van der Waals surface area contributed by atoms with Crippen molar-refractivity contribution in [2.45, 2.75) is 26.9 Å². The van der Waals surface area contributed by atoms with E-state index in [-0.39, 0.29) is 5.82 Å². The van der Waals surface area contributed by atoms with Gasteiger partial charge in [-0.3, -0.25) is 4.79 Å². The van der Waals surface area contributed by atoms with E-state index in [1.165, 1.54) is 30.9 Å². The van der Waals surface area contributed by atoms with Crippen molar-refractivity contribution in [2.75, 3.05) is 5.32 Å². The summed E-state index contributed by atoms with van der Waals surface area (Å²) in [6.07, 6.45) is 5.41. The molecule has 0 saturated heterocycles. The minimum absolute atomic E-state index is 0.260. The molecule has 1 atom stereocenters. The molecule has 0 aliphatic heterocycles. The molecule has 11 heteroatoms. The lowest BCUT2D eigenvalue weighted by Gasteiger charge is -2.14. The molecule has 1 unspecified atom stereocenters. The van der Waals surface area contributed by atoms with Crippen LogP contribution < -0.4 is 5.32 Å². The minimum atomic E-state index is -1.07. The van der Waals surface area contributed by atoms with Gasteiger partial charge in [0.25, 0.3) is 5.91 Å². The molecular formula is C22H19N7O3S. The van der Waals surface area contributed by atoms with Crippen LogP contribution in [0.5, 0.6) is 0 Å². The van der Waals surface area contributed by atoms with E-state index in [9.17, 15) is 9.59 Å². The Bertz CT molecular complexity index is 1500. The van der Waals surface area contributed by atoms with Gasteiger partial charge in [-0.05, 0) is 44.5 Å². The quantitative estimate of drug-likeness (QED) is 0.383. The van der Waals surface area contributed by atoms with Gasteiger partial charge in [-0.25, -0.2) is 24.7 Å². The van der Waals surface area contributed by atoms with E-state index in [2.05, 4.69) is 30.2 Å². The first-order valence-corrected chi connectivity index (χ1v) is 10.9. The molecule has 0 aliphatic carbocycles. The van der Waals surface area contributed by atoms with Gasteiger partial charge in [0.15, 0.2) is 17.6 Å². The number of hydrogen-bond donors (Lipinski definition) is 2. The summed E-state index contributed by atoms with van der Waals surface area (Å²) >= 11 is 1.25. The number of nitrogens with zero attached hydrogens (tertiary/aromatic N) is 5. The highest BCUT2D eigenvalue weighted by atomic mass is 32.1. The second-order valence-corrected chi connectivity index (χ2v) is 8.49. The molecule has 0 spiro atoms. The number of esters is 1. The van der Waals surface area contributed by atoms with E-state index in [0.717, 1.165) is 21.5 Å². The lowest BCUT2D eigenvalue weighted by atomic mass is 10.1. The molecule has 2 N–H and O–H groups in total. The number of thiophene rings is 1. The predicted octanol–water partition coefficient (Wildman–Crippen LogP) is 3.55. The Kier molecular flexibility index (Phi) is 5.09. The van der Waals surface area contributed by atoms with Crippen molar-refractivity contribution in [3.8, 4) is 5.69 Å². The first-order chi connectivity index (χ1) is 15.9. The van der Waals surface area contributed by atoms with Gasteiger partial charge in [0.05, 0.1) is 12.0 Å². The number of aromatic nitrogens is 6. The third-order valence-corrected chi connectivity index (χ3v) is 6.18. The number of carbonyl (C=O) groups excluding carboxylic acids is 2. The Morgan fingerprint density at radius 1 is 1.18 bits per heavy atom. The zero-order valence-corrected chi connectivity index (χ0v) is 18.8. The number of rotatable bonds is 5. The number of imidazole rings is 1. The Morgan fingerprint density at radius 2 is 1.97 bits per heavy atom. The van der Waals surface area contributed by atoms with E-state index in [0.29, 0.717) is 21.7 Å². The number of aryl methyl sites for hydroxylation is 2. The van der Waals surface area contributed by atoms with Crippen LogP contribution >= 0.6 is 11.3 Å². The first-order valence-electron chi connectivity index (χ1n) is 10.1. The number of hydrogen-bond acceptors (Lipinski definition) is 8. The van der Waals surface area contributed by atoms with Crippen molar-refractivity contribution < 1.29 is 14.3 Å². The smallest absolute Gasteiger partial charge is 0.351 e. The maximum atomic E-state index is 13.2. The summed E-state index contributed by atoms with van der Waals surface area (Å²) in [5.41, 5.74) is 3.47. The van der Waals surface area contributed by atoms with E-state index in [4.69, 9.17) is 4.74 Å². The minimum Gasteiger partial charge on any atom is -0.448 e. The highest BCUT2D eigenvalue weighted by Crippen LogP contribution is 2.36. The van der Waals surface area contributed by atoms with Crippen LogP contribution in [0, 0.1) is 13.8 Å².